The maximum Gasteiger partial charge on any atom is 0.410 e. The number of rotatable bonds is 7. The Balaban J connectivity index is 2.64. The molecule has 0 aromatic carbocycles. The standard InChI is InChI=1S/C34H63NO2/c1-15-31(9,10)22-26-27(16-21-35(29(36)37-14)28(26)23-30(6,7)8)32(11)17-19-33(12,24(2)3)34(13,20-18-32)25(4)5/h16,24-26,28H,15,17-23H2,1-14H3. The Morgan fingerprint density at radius 3 is 1.81 bits per heavy atom. The molecule has 4 unspecified atom stereocenters. The number of hydrogen-bond donors (Lipinski definition) is 0. The average molecular weight is 518 g/mol. The molecule has 0 spiro atoms. The van der Waals surface area contributed by atoms with Crippen LogP contribution in [-0.2, 0) is 4.74 Å². The summed E-state index contributed by atoms with van der Waals surface area (Å²) in [6.07, 6.45) is 10.5. The molecule has 3 nitrogen and oxygen atoms in total. The Morgan fingerprint density at radius 2 is 1.43 bits per heavy atom. The molecule has 4 atom stereocenters. The zero-order chi connectivity index (χ0) is 28.6. The van der Waals surface area contributed by atoms with Crippen LogP contribution in [0.5, 0.6) is 0 Å². The molecule has 1 heterocycles. The van der Waals surface area contributed by atoms with Crippen molar-refractivity contribution >= 4 is 6.09 Å². The van der Waals surface area contributed by atoms with Crippen LogP contribution in [0.15, 0.2) is 11.6 Å². The van der Waals surface area contributed by atoms with Gasteiger partial charge in [-0.05, 0) is 77.4 Å². The van der Waals surface area contributed by atoms with E-state index in [4.69, 9.17) is 4.74 Å². The van der Waals surface area contributed by atoms with Gasteiger partial charge in [-0.15, -0.1) is 0 Å². The second-order valence-electron chi connectivity index (χ2n) is 16.1. The minimum atomic E-state index is -0.172. The predicted molar refractivity (Wildman–Crippen MR) is 160 cm³/mol. The van der Waals surface area contributed by atoms with Gasteiger partial charge in [0.1, 0.15) is 0 Å². The summed E-state index contributed by atoms with van der Waals surface area (Å²) in [5.74, 6) is 1.67. The van der Waals surface area contributed by atoms with Crippen molar-refractivity contribution in [3.05, 3.63) is 11.6 Å². The maximum absolute atomic E-state index is 13.1. The van der Waals surface area contributed by atoms with Crippen LogP contribution in [0, 0.1) is 44.8 Å². The van der Waals surface area contributed by atoms with Gasteiger partial charge in [0.25, 0.3) is 0 Å². The molecule has 1 saturated carbocycles. The van der Waals surface area contributed by atoms with Crippen molar-refractivity contribution in [2.75, 3.05) is 13.7 Å². The molecule has 1 aliphatic heterocycles. The fourth-order valence-electron chi connectivity index (χ4n) is 7.75. The van der Waals surface area contributed by atoms with Crippen molar-refractivity contribution in [1.82, 2.24) is 4.90 Å². The lowest BCUT2D eigenvalue weighted by molar-refractivity contribution is -0.0269. The quantitative estimate of drug-likeness (QED) is 0.248. The molecule has 216 valence electrons. The molecule has 0 radical (unpaired) electrons. The van der Waals surface area contributed by atoms with Gasteiger partial charge in [0.15, 0.2) is 0 Å². The van der Waals surface area contributed by atoms with Gasteiger partial charge in [0.2, 0.25) is 0 Å². The Kier molecular flexibility index (Phi) is 9.79. The molecule has 1 amide bonds. The van der Waals surface area contributed by atoms with Crippen LogP contribution in [0.3, 0.4) is 0 Å². The van der Waals surface area contributed by atoms with Crippen molar-refractivity contribution in [2.45, 2.75) is 141 Å². The third kappa shape index (κ3) is 6.60. The monoisotopic (exact) mass is 517 g/mol. The van der Waals surface area contributed by atoms with E-state index >= 15 is 0 Å². The second kappa shape index (κ2) is 11.2. The summed E-state index contributed by atoms with van der Waals surface area (Å²) in [6, 6.07) is 0.173. The molecule has 37 heavy (non-hydrogen) atoms. The van der Waals surface area contributed by atoms with Gasteiger partial charge >= 0.3 is 6.09 Å². The van der Waals surface area contributed by atoms with Gasteiger partial charge in [-0.2, -0.15) is 0 Å². The minimum Gasteiger partial charge on any atom is -0.453 e. The first-order valence-corrected chi connectivity index (χ1v) is 15.3. The molecule has 0 bridgehead atoms. The smallest absolute Gasteiger partial charge is 0.410 e. The summed E-state index contributed by atoms with van der Waals surface area (Å²) in [5, 5.41) is 0. The van der Waals surface area contributed by atoms with Crippen LogP contribution in [0.4, 0.5) is 4.79 Å². The van der Waals surface area contributed by atoms with Gasteiger partial charge in [-0.1, -0.05) is 108 Å². The topological polar surface area (TPSA) is 29.5 Å². The van der Waals surface area contributed by atoms with Crippen LogP contribution < -0.4 is 0 Å². The molecule has 2 rings (SSSR count). The second-order valence-corrected chi connectivity index (χ2v) is 16.1. The van der Waals surface area contributed by atoms with E-state index in [-0.39, 0.29) is 28.4 Å². The average Bonchev–Trinajstić information content (AvgIpc) is 2.90. The normalized spacial score (nSPS) is 33.9. The van der Waals surface area contributed by atoms with E-state index in [1.54, 1.807) is 5.57 Å². The van der Waals surface area contributed by atoms with Crippen molar-refractivity contribution < 1.29 is 9.53 Å². The highest BCUT2D eigenvalue weighted by Gasteiger charge is 2.54. The first-order chi connectivity index (χ1) is 16.8. The molecular formula is C34H63NO2. The number of ether oxygens (including phenoxy) is 1. The van der Waals surface area contributed by atoms with E-state index in [9.17, 15) is 4.79 Å². The lowest BCUT2D eigenvalue weighted by atomic mass is 9.53. The number of carbonyl (C=O) groups is 1. The molecule has 3 heteroatoms. The molecule has 0 aromatic rings. The summed E-state index contributed by atoms with van der Waals surface area (Å²) in [7, 11) is 1.53. The number of nitrogens with zero attached hydrogens (tertiary/aromatic N) is 1. The Bertz CT molecular complexity index is 792. The molecule has 2 aliphatic rings. The van der Waals surface area contributed by atoms with Gasteiger partial charge < -0.3 is 9.64 Å². The number of amides is 1. The van der Waals surface area contributed by atoms with Crippen molar-refractivity contribution in [2.24, 2.45) is 44.8 Å². The van der Waals surface area contributed by atoms with Crippen LogP contribution in [0.25, 0.3) is 0 Å². The lowest BCUT2D eigenvalue weighted by Crippen LogP contribution is -2.52. The molecule has 1 fully saturated rings. The fourth-order valence-corrected chi connectivity index (χ4v) is 7.75. The first kappa shape index (κ1) is 32.2. The van der Waals surface area contributed by atoms with Gasteiger partial charge in [-0.25, -0.2) is 4.79 Å². The van der Waals surface area contributed by atoms with E-state index in [0.717, 1.165) is 19.3 Å². The van der Waals surface area contributed by atoms with Crippen LogP contribution in [0.2, 0.25) is 0 Å². The third-order valence-corrected chi connectivity index (χ3v) is 11.7. The Hall–Kier alpha value is -0.990. The van der Waals surface area contributed by atoms with E-state index in [2.05, 4.69) is 96.1 Å². The SMILES string of the molecule is CCC(C)(C)CC1C(C2(C)CCC(C)(C(C)C)C(C)(C(C)C)CC2)=CCN(C(=O)OC)C1CC(C)(C)C. The fraction of sp³-hybridized carbons (Fsp3) is 0.912. The van der Waals surface area contributed by atoms with Crippen LogP contribution in [0.1, 0.15) is 135 Å². The predicted octanol–water partition coefficient (Wildman–Crippen LogP) is 10.1. The summed E-state index contributed by atoms with van der Waals surface area (Å²) in [6.45, 7) is 32.3. The minimum absolute atomic E-state index is 0.130. The summed E-state index contributed by atoms with van der Waals surface area (Å²) >= 11 is 0. The summed E-state index contributed by atoms with van der Waals surface area (Å²) in [5.41, 5.74) is 2.78. The molecular weight excluding hydrogens is 454 g/mol. The zero-order valence-electron chi connectivity index (χ0n) is 27.3. The molecule has 1 aliphatic carbocycles. The van der Waals surface area contributed by atoms with E-state index in [0.29, 0.717) is 35.1 Å². The van der Waals surface area contributed by atoms with Gasteiger partial charge in [-0.3, -0.25) is 0 Å². The lowest BCUT2D eigenvalue weighted by Gasteiger charge is -2.52. The number of carbonyl (C=O) groups excluding carboxylic acids is 1. The molecule has 0 saturated heterocycles. The third-order valence-electron chi connectivity index (χ3n) is 11.7. The van der Waals surface area contributed by atoms with Gasteiger partial charge in [0, 0.05) is 18.5 Å². The Labute approximate surface area is 231 Å². The highest BCUT2D eigenvalue weighted by molar-refractivity contribution is 5.68. The van der Waals surface area contributed by atoms with Crippen molar-refractivity contribution in [1.29, 1.82) is 0 Å². The highest BCUT2D eigenvalue weighted by Crippen LogP contribution is 2.62. The maximum atomic E-state index is 13.1. The number of methoxy groups -OCH3 is 1. The van der Waals surface area contributed by atoms with Crippen molar-refractivity contribution in [3.8, 4) is 0 Å². The van der Waals surface area contributed by atoms with Crippen LogP contribution in [-0.4, -0.2) is 30.7 Å². The van der Waals surface area contributed by atoms with Gasteiger partial charge in [0.05, 0.1) is 7.11 Å². The van der Waals surface area contributed by atoms with Crippen molar-refractivity contribution in [3.63, 3.8) is 0 Å². The summed E-state index contributed by atoms with van der Waals surface area (Å²) in [4.78, 5) is 15.1. The zero-order valence-corrected chi connectivity index (χ0v) is 27.3. The van der Waals surface area contributed by atoms with E-state index in [1.807, 2.05) is 4.90 Å². The first-order valence-electron chi connectivity index (χ1n) is 15.3. The Morgan fingerprint density at radius 1 is 0.946 bits per heavy atom. The van der Waals surface area contributed by atoms with Crippen LogP contribution >= 0.6 is 0 Å². The molecule has 0 aromatic heterocycles. The highest BCUT2D eigenvalue weighted by atomic mass is 16.5. The van der Waals surface area contributed by atoms with E-state index < -0.39 is 0 Å². The van der Waals surface area contributed by atoms with E-state index in [1.165, 1.54) is 32.8 Å². The molecule has 0 N–H and O–H groups in total. The summed E-state index contributed by atoms with van der Waals surface area (Å²) < 4.78 is 5.33. The largest absolute Gasteiger partial charge is 0.453 e. The number of hydrogen-bond acceptors (Lipinski definition) is 2.